The Labute approximate surface area is 138 Å². The van der Waals surface area contributed by atoms with E-state index in [4.69, 9.17) is 4.74 Å². The predicted octanol–water partition coefficient (Wildman–Crippen LogP) is 4.37. The molecule has 0 fully saturated rings. The molecule has 1 amide bonds. The molecule has 0 heterocycles. The van der Waals surface area contributed by atoms with Crippen molar-refractivity contribution < 1.29 is 27.4 Å². The zero-order valence-corrected chi connectivity index (χ0v) is 13.1. The molecule has 2 aromatic rings. The highest BCUT2D eigenvalue weighted by molar-refractivity contribution is 9.10. The number of amides is 1. The minimum absolute atomic E-state index is 0.233. The van der Waals surface area contributed by atoms with Gasteiger partial charge in [0, 0.05) is 5.69 Å². The summed E-state index contributed by atoms with van der Waals surface area (Å²) < 4.78 is 45.9. The molecule has 0 saturated carbocycles. The number of hydrogen-bond donors (Lipinski definition) is 1. The van der Waals surface area contributed by atoms with Crippen LogP contribution in [0.25, 0.3) is 0 Å². The molecule has 2 rings (SSSR count). The molecule has 0 aliphatic heterocycles. The van der Waals surface area contributed by atoms with Crippen LogP contribution in [0.1, 0.15) is 0 Å². The normalized spacial score (nSPS) is 11.0. The molecule has 4 nitrogen and oxygen atoms in total. The monoisotopic (exact) mass is 389 g/mol. The number of rotatable bonds is 5. The Kier molecular flexibility index (Phi) is 5.49. The summed E-state index contributed by atoms with van der Waals surface area (Å²) in [4.78, 5) is 11.7. The summed E-state index contributed by atoms with van der Waals surface area (Å²) >= 11 is 3.28. The van der Waals surface area contributed by atoms with Gasteiger partial charge in [0.1, 0.15) is 11.5 Å². The second-order valence-corrected chi connectivity index (χ2v) is 5.19. The van der Waals surface area contributed by atoms with Crippen molar-refractivity contribution in [1.29, 1.82) is 0 Å². The van der Waals surface area contributed by atoms with Gasteiger partial charge in [-0.05, 0) is 52.3 Å². The molecule has 0 atom stereocenters. The molecule has 122 valence electrons. The maximum absolute atomic E-state index is 12.0. The quantitative estimate of drug-likeness (QED) is 0.825. The lowest BCUT2D eigenvalue weighted by Gasteiger charge is -2.10. The summed E-state index contributed by atoms with van der Waals surface area (Å²) in [5, 5.41) is 2.51. The summed E-state index contributed by atoms with van der Waals surface area (Å²) in [6.07, 6.45) is -4.75. The number of ether oxygens (including phenoxy) is 2. The van der Waals surface area contributed by atoms with E-state index >= 15 is 0 Å². The standard InChI is InChI=1S/C15H11BrF3NO3/c16-12-3-1-2-4-13(12)22-9-14(21)20-10-5-7-11(8-6-10)23-15(17,18)19/h1-8H,9H2,(H,20,21). The first-order chi connectivity index (χ1) is 10.8. The van der Waals surface area contributed by atoms with Gasteiger partial charge in [-0.3, -0.25) is 4.79 Å². The fraction of sp³-hybridized carbons (Fsp3) is 0.133. The van der Waals surface area contributed by atoms with Crippen molar-refractivity contribution in [2.75, 3.05) is 11.9 Å². The van der Waals surface area contributed by atoms with Crippen LogP contribution in [-0.2, 0) is 4.79 Å². The topological polar surface area (TPSA) is 47.6 Å². The molecule has 0 radical (unpaired) electrons. The molecule has 1 N–H and O–H groups in total. The van der Waals surface area contributed by atoms with Gasteiger partial charge in [-0.1, -0.05) is 12.1 Å². The number of benzene rings is 2. The Balaban J connectivity index is 1.87. The van der Waals surface area contributed by atoms with E-state index in [1.165, 1.54) is 12.1 Å². The molecule has 0 aromatic heterocycles. The number of carbonyl (C=O) groups is 1. The lowest BCUT2D eigenvalue weighted by Crippen LogP contribution is -2.20. The van der Waals surface area contributed by atoms with Gasteiger partial charge in [0.2, 0.25) is 0 Å². The van der Waals surface area contributed by atoms with Crippen molar-refractivity contribution in [3.05, 3.63) is 53.0 Å². The van der Waals surface area contributed by atoms with E-state index in [1.54, 1.807) is 18.2 Å². The molecule has 23 heavy (non-hydrogen) atoms. The largest absolute Gasteiger partial charge is 0.573 e. The van der Waals surface area contributed by atoms with Crippen molar-refractivity contribution in [3.8, 4) is 11.5 Å². The third kappa shape index (κ3) is 5.82. The van der Waals surface area contributed by atoms with Crippen molar-refractivity contribution in [2.45, 2.75) is 6.36 Å². The number of alkyl halides is 3. The molecule has 0 spiro atoms. The molecule has 0 saturated heterocycles. The van der Waals surface area contributed by atoms with E-state index in [9.17, 15) is 18.0 Å². The van der Waals surface area contributed by atoms with E-state index in [2.05, 4.69) is 26.0 Å². The SMILES string of the molecule is O=C(COc1ccccc1Br)Nc1ccc(OC(F)(F)F)cc1. The Morgan fingerprint density at radius 1 is 1.09 bits per heavy atom. The molecular formula is C15H11BrF3NO3. The molecule has 0 bridgehead atoms. The van der Waals surface area contributed by atoms with Crippen LogP contribution < -0.4 is 14.8 Å². The van der Waals surface area contributed by atoms with Gasteiger partial charge in [0.15, 0.2) is 6.61 Å². The maximum Gasteiger partial charge on any atom is 0.573 e. The van der Waals surface area contributed by atoms with Crippen LogP contribution in [0.4, 0.5) is 18.9 Å². The second kappa shape index (κ2) is 7.36. The van der Waals surface area contributed by atoms with Gasteiger partial charge in [-0.25, -0.2) is 0 Å². The van der Waals surface area contributed by atoms with Crippen molar-refractivity contribution in [3.63, 3.8) is 0 Å². The Bertz CT molecular complexity index is 674. The molecule has 0 aliphatic rings. The van der Waals surface area contributed by atoms with Gasteiger partial charge >= 0.3 is 6.36 Å². The average molecular weight is 390 g/mol. The summed E-state index contributed by atoms with van der Waals surface area (Å²) in [5.41, 5.74) is 0.334. The first-order valence-corrected chi connectivity index (χ1v) is 7.16. The van der Waals surface area contributed by atoms with Crippen LogP contribution in [0, 0.1) is 0 Å². The highest BCUT2D eigenvalue weighted by Crippen LogP contribution is 2.25. The van der Waals surface area contributed by atoms with Crippen molar-refractivity contribution in [1.82, 2.24) is 0 Å². The van der Waals surface area contributed by atoms with Crippen LogP contribution >= 0.6 is 15.9 Å². The lowest BCUT2D eigenvalue weighted by atomic mass is 10.3. The minimum atomic E-state index is -4.75. The molecule has 2 aromatic carbocycles. The predicted molar refractivity (Wildman–Crippen MR) is 81.4 cm³/mol. The van der Waals surface area contributed by atoms with E-state index in [-0.39, 0.29) is 12.4 Å². The van der Waals surface area contributed by atoms with E-state index in [0.717, 1.165) is 12.1 Å². The fourth-order valence-electron chi connectivity index (χ4n) is 1.64. The van der Waals surface area contributed by atoms with Crippen LogP contribution in [0.3, 0.4) is 0 Å². The fourth-order valence-corrected chi connectivity index (χ4v) is 2.04. The number of carbonyl (C=O) groups excluding carboxylic acids is 1. The van der Waals surface area contributed by atoms with Crippen LogP contribution in [0.5, 0.6) is 11.5 Å². The molecule has 8 heteroatoms. The van der Waals surface area contributed by atoms with Crippen LogP contribution in [0.15, 0.2) is 53.0 Å². The zero-order valence-electron chi connectivity index (χ0n) is 11.6. The number of halogens is 4. The number of nitrogens with one attached hydrogen (secondary N) is 1. The smallest absolute Gasteiger partial charge is 0.483 e. The van der Waals surface area contributed by atoms with Gasteiger partial charge in [-0.2, -0.15) is 0 Å². The van der Waals surface area contributed by atoms with Gasteiger partial charge in [-0.15, -0.1) is 13.2 Å². The third-order valence-electron chi connectivity index (χ3n) is 2.57. The van der Waals surface area contributed by atoms with Gasteiger partial charge in [0.05, 0.1) is 4.47 Å². The number of anilines is 1. The van der Waals surface area contributed by atoms with E-state index in [0.29, 0.717) is 15.9 Å². The first-order valence-electron chi connectivity index (χ1n) is 6.36. The summed E-state index contributed by atoms with van der Waals surface area (Å²) in [7, 11) is 0. The highest BCUT2D eigenvalue weighted by atomic mass is 79.9. The second-order valence-electron chi connectivity index (χ2n) is 4.34. The summed E-state index contributed by atoms with van der Waals surface area (Å²) in [6.45, 7) is -0.233. The maximum atomic E-state index is 12.0. The van der Waals surface area contributed by atoms with Gasteiger partial charge in [0.25, 0.3) is 5.91 Å². The number of para-hydroxylation sites is 1. The van der Waals surface area contributed by atoms with Gasteiger partial charge < -0.3 is 14.8 Å². The lowest BCUT2D eigenvalue weighted by molar-refractivity contribution is -0.274. The first kappa shape index (κ1) is 17.1. The number of hydrogen-bond acceptors (Lipinski definition) is 3. The summed E-state index contributed by atoms with van der Waals surface area (Å²) in [6, 6.07) is 11.9. The molecule has 0 aliphatic carbocycles. The van der Waals surface area contributed by atoms with E-state index in [1.807, 2.05) is 6.07 Å². The zero-order chi connectivity index (χ0) is 16.9. The Morgan fingerprint density at radius 2 is 1.74 bits per heavy atom. The summed E-state index contributed by atoms with van der Waals surface area (Å²) in [5.74, 6) is -0.290. The Morgan fingerprint density at radius 3 is 2.35 bits per heavy atom. The average Bonchev–Trinajstić information content (AvgIpc) is 2.47. The molecule has 0 unspecified atom stereocenters. The van der Waals surface area contributed by atoms with Crippen molar-refractivity contribution in [2.24, 2.45) is 0 Å². The van der Waals surface area contributed by atoms with Crippen LogP contribution in [0.2, 0.25) is 0 Å². The highest BCUT2D eigenvalue weighted by Gasteiger charge is 2.30. The minimum Gasteiger partial charge on any atom is -0.483 e. The van der Waals surface area contributed by atoms with Crippen molar-refractivity contribution >= 4 is 27.5 Å². The van der Waals surface area contributed by atoms with E-state index < -0.39 is 12.3 Å². The van der Waals surface area contributed by atoms with Crippen LogP contribution in [-0.4, -0.2) is 18.9 Å². The third-order valence-corrected chi connectivity index (χ3v) is 3.22. The Hall–Kier alpha value is -2.22. The molecular weight excluding hydrogens is 379 g/mol.